The van der Waals surface area contributed by atoms with Gasteiger partial charge in [0.2, 0.25) is 5.88 Å². The molecule has 160 valence electrons. The number of hydrogen-bond donors (Lipinski definition) is 3. The number of hydrazone groups is 1. The van der Waals surface area contributed by atoms with Crippen molar-refractivity contribution >= 4 is 17.3 Å². The van der Waals surface area contributed by atoms with Crippen LogP contribution in [0.4, 0.5) is 0 Å². The minimum absolute atomic E-state index is 0.0787. The summed E-state index contributed by atoms with van der Waals surface area (Å²) < 4.78 is 11.6. The standard InChI is InChI=1S/C21H19ClN4O5/c1-30-16-8-3-11(9-17(16)31-2)14-10-15(25-24-14)18-19(27)23-21(29)26(20(18)28)13-6-4-12(22)5-7-13/h3-9,14,24,28H,10H2,1-2H3,(H,23,27,29). The Kier molecular flexibility index (Phi) is 5.43. The fourth-order valence-electron chi connectivity index (χ4n) is 3.48. The Bertz CT molecular complexity index is 1280. The monoisotopic (exact) mass is 442 g/mol. The summed E-state index contributed by atoms with van der Waals surface area (Å²) in [7, 11) is 3.10. The van der Waals surface area contributed by atoms with Crippen LogP contribution in [-0.2, 0) is 0 Å². The number of ether oxygens (including phenoxy) is 2. The fourth-order valence-corrected chi connectivity index (χ4v) is 3.60. The summed E-state index contributed by atoms with van der Waals surface area (Å²) in [5.41, 5.74) is 2.94. The predicted octanol–water partition coefficient (Wildman–Crippen LogP) is 2.34. The number of hydrogen-bond acceptors (Lipinski definition) is 7. The van der Waals surface area contributed by atoms with Crippen molar-refractivity contribution in [3.8, 4) is 23.1 Å². The third kappa shape index (κ3) is 3.75. The molecule has 2 aromatic carbocycles. The maximum atomic E-state index is 12.5. The summed E-state index contributed by atoms with van der Waals surface area (Å²) in [5.74, 6) is 0.659. The molecule has 0 amide bonds. The maximum Gasteiger partial charge on any atom is 0.335 e. The van der Waals surface area contributed by atoms with Crippen molar-refractivity contribution in [3.63, 3.8) is 0 Å². The molecule has 9 nitrogen and oxygen atoms in total. The highest BCUT2D eigenvalue weighted by atomic mass is 35.5. The number of aromatic hydroxyl groups is 1. The van der Waals surface area contributed by atoms with Crippen molar-refractivity contribution in [1.82, 2.24) is 15.0 Å². The van der Waals surface area contributed by atoms with Gasteiger partial charge in [-0.1, -0.05) is 17.7 Å². The van der Waals surface area contributed by atoms with Crippen LogP contribution in [0.1, 0.15) is 23.6 Å². The zero-order valence-corrected chi connectivity index (χ0v) is 17.4. The number of methoxy groups -OCH3 is 2. The van der Waals surface area contributed by atoms with Gasteiger partial charge in [-0.3, -0.25) is 9.78 Å². The molecule has 0 radical (unpaired) electrons. The van der Waals surface area contributed by atoms with E-state index in [2.05, 4.69) is 15.5 Å². The topological polar surface area (TPSA) is 118 Å². The van der Waals surface area contributed by atoms with Crippen molar-refractivity contribution in [2.24, 2.45) is 5.10 Å². The zero-order valence-electron chi connectivity index (χ0n) is 16.7. The average Bonchev–Trinajstić information content (AvgIpc) is 3.24. The van der Waals surface area contributed by atoms with Gasteiger partial charge >= 0.3 is 5.69 Å². The van der Waals surface area contributed by atoms with Crippen molar-refractivity contribution in [3.05, 3.63) is 79.5 Å². The van der Waals surface area contributed by atoms with E-state index in [1.54, 1.807) is 44.6 Å². The molecule has 10 heteroatoms. The molecule has 0 fully saturated rings. The molecule has 31 heavy (non-hydrogen) atoms. The average molecular weight is 443 g/mol. The zero-order chi connectivity index (χ0) is 22.1. The number of halogens is 1. The molecule has 0 saturated heterocycles. The highest BCUT2D eigenvalue weighted by molar-refractivity contribution is 6.30. The van der Waals surface area contributed by atoms with E-state index in [9.17, 15) is 14.7 Å². The summed E-state index contributed by atoms with van der Waals surface area (Å²) in [6.07, 6.45) is 0.310. The number of aromatic amines is 1. The van der Waals surface area contributed by atoms with Gasteiger partial charge in [0.15, 0.2) is 11.5 Å². The Morgan fingerprint density at radius 1 is 1.10 bits per heavy atom. The second-order valence-electron chi connectivity index (χ2n) is 6.83. The first-order chi connectivity index (χ1) is 14.9. The number of H-pyrrole nitrogens is 1. The highest BCUT2D eigenvalue weighted by Crippen LogP contribution is 2.33. The predicted molar refractivity (Wildman–Crippen MR) is 116 cm³/mol. The number of aromatic nitrogens is 2. The lowest BCUT2D eigenvalue weighted by Crippen LogP contribution is -2.33. The molecule has 1 aromatic heterocycles. The smallest absolute Gasteiger partial charge is 0.335 e. The van der Waals surface area contributed by atoms with Crippen LogP contribution in [0.3, 0.4) is 0 Å². The van der Waals surface area contributed by atoms with E-state index in [4.69, 9.17) is 21.1 Å². The summed E-state index contributed by atoms with van der Waals surface area (Å²) in [6.45, 7) is 0. The molecule has 1 aliphatic rings. The Hall–Kier alpha value is -3.72. The Morgan fingerprint density at radius 3 is 2.48 bits per heavy atom. The number of rotatable bonds is 5. The molecule has 1 unspecified atom stereocenters. The molecular formula is C21H19ClN4O5. The SMILES string of the molecule is COc1ccc(C2CC(c3c(O)n(-c4ccc(Cl)cc4)c(=O)[nH]c3=O)=NN2)cc1OC. The van der Waals surface area contributed by atoms with Gasteiger partial charge in [-0.25, -0.2) is 9.36 Å². The lowest BCUT2D eigenvalue weighted by molar-refractivity contribution is 0.354. The highest BCUT2D eigenvalue weighted by Gasteiger charge is 2.28. The molecule has 3 N–H and O–H groups in total. The lowest BCUT2D eigenvalue weighted by Gasteiger charge is -2.14. The minimum atomic E-state index is -0.767. The number of nitrogens with zero attached hydrogens (tertiary/aromatic N) is 2. The molecule has 4 rings (SSSR count). The van der Waals surface area contributed by atoms with E-state index in [-0.39, 0.29) is 11.6 Å². The van der Waals surface area contributed by atoms with Gasteiger partial charge in [0.1, 0.15) is 5.56 Å². The van der Waals surface area contributed by atoms with E-state index in [1.165, 1.54) is 0 Å². The van der Waals surface area contributed by atoms with Gasteiger partial charge in [0.05, 0.1) is 31.7 Å². The van der Waals surface area contributed by atoms with E-state index in [0.29, 0.717) is 34.3 Å². The Balaban J connectivity index is 1.70. The molecule has 0 aliphatic carbocycles. The Morgan fingerprint density at radius 2 is 1.81 bits per heavy atom. The third-order valence-corrected chi connectivity index (χ3v) is 5.27. The van der Waals surface area contributed by atoms with Gasteiger partial charge < -0.3 is 20.0 Å². The van der Waals surface area contributed by atoms with Crippen LogP contribution in [0.25, 0.3) is 5.69 Å². The van der Waals surface area contributed by atoms with Crippen molar-refractivity contribution in [2.75, 3.05) is 14.2 Å². The summed E-state index contributed by atoms with van der Waals surface area (Å²) in [5, 5.41) is 15.5. The molecule has 0 spiro atoms. The van der Waals surface area contributed by atoms with Crippen molar-refractivity contribution in [2.45, 2.75) is 12.5 Å². The van der Waals surface area contributed by atoms with Gasteiger partial charge in [0, 0.05) is 11.4 Å². The molecule has 1 atom stereocenters. The van der Waals surface area contributed by atoms with Crippen LogP contribution in [0.5, 0.6) is 17.4 Å². The van der Waals surface area contributed by atoms with Gasteiger partial charge in [-0.05, 0) is 42.0 Å². The van der Waals surface area contributed by atoms with Crippen LogP contribution in [0, 0.1) is 0 Å². The minimum Gasteiger partial charge on any atom is -0.493 e. The van der Waals surface area contributed by atoms with Crippen LogP contribution in [0.2, 0.25) is 5.02 Å². The quantitative estimate of drug-likeness (QED) is 0.558. The Labute approximate surface area is 181 Å². The second kappa shape index (κ2) is 8.19. The normalized spacial score (nSPS) is 15.3. The number of benzene rings is 2. The van der Waals surface area contributed by atoms with Gasteiger partial charge in [0.25, 0.3) is 5.56 Å². The molecule has 3 aromatic rings. The first kappa shape index (κ1) is 20.5. The summed E-state index contributed by atoms with van der Waals surface area (Å²) in [6, 6.07) is 11.5. The molecule has 0 saturated carbocycles. The second-order valence-corrected chi connectivity index (χ2v) is 7.26. The number of nitrogens with one attached hydrogen (secondary N) is 2. The van der Waals surface area contributed by atoms with E-state index in [0.717, 1.165) is 10.1 Å². The van der Waals surface area contributed by atoms with Gasteiger partial charge in [-0.15, -0.1) is 0 Å². The van der Waals surface area contributed by atoms with Crippen LogP contribution < -0.4 is 26.1 Å². The summed E-state index contributed by atoms with van der Waals surface area (Å²) >= 11 is 5.90. The first-order valence-corrected chi connectivity index (χ1v) is 9.69. The maximum absolute atomic E-state index is 12.5. The van der Waals surface area contributed by atoms with Gasteiger partial charge in [-0.2, -0.15) is 5.10 Å². The molecular weight excluding hydrogens is 424 g/mol. The molecule has 0 bridgehead atoms. The van der Waals surface area contributed by atoms with Crippen LogP contribution >= 0.6 is 11.6 Å². The molecule has 1 aliphatic heterocycles. The van der Waals surface area contributed by atoms with E-state index >= 15 is 0 Å². The van der Waals surface area contributed by atoms with Crippen molar-refractivity contribution in [1.29, 1.82) is 0 Å². The first-order valence-electron chi connectivity index (χ1n) is 9.31. The van der Waals surface area contributed by atoms with Crippen LogP contribution in [-0.4, -0.2) is 34.6 Å². The third-order valence-electron chi connectivity index (χ3n) is 5.02. The lowest BCUT2D eigenvalue weighted by atomic mass is 9.99. The van der Waals surface area contributed by atoms with Crippen LogP contribution in [0.15, 0.2) is 57.2 Å². The van der Waals surface area contributed by atoms with E-state index < -0.39 is 17.1 Å². The van der Waals surface area contributed by atoms with E-state index in [1.807, 2.05) is 12.1 Å². The van der Waals surface area contributed by atoms with Crippen molar-refractivity contribution < 1.29 is 14.6 Å². The summed E-state index contributed by atoms with van der Waals surface area (Å²) in [4.78, 5) is 27.1. The largest absolute Gasteiger partial charge is 0.493 e. The molecule has 2 heterocycles. The fraction of sp³-hybridized carbons (Fsp3) is 0.190.